The Labute approximate surface area is 154 Å². The van der Waals surface area contributed by atoms with E-state index in [-0.39, 0.29) is 12.5 Å². The summed E-state index contributed by atoms with van der Waals surface area (Å²) in [5, 5.41) is 5.56. The van der Waals surface area contributed by atoms with E-state index >= 15 is 0 Å². The molecule has 1 aromatic heterocycles. The molecular weight excluding hydrogens is 364 g/mol. The molecule has 2 aromatic rings. The van der Waals surface area contributed by atoms with Crippen LogP contribution in [0.3, 0.4) is 0 Å². The van der Waals surface area contributed by atoms with Crippen molar-refractivity contribution in [3.63, 3.8) is 0 Å². The minimum Gasteiger partial charge on any atom is -0.451 e. The number of benzene rings is 1. The zero-order valence-electron chi connectivity index (χ0n) is 13.5. The van der Waals surface area contributed by atoms with Crippen LogP contribution in [0.25, 0.3) is 10.4 Å². The number of halogens is 1. The van der Waals surface area contributed by atoms with E-state index in [1.54, 1.807) is 31.2 Å². The second kappa shape index (κ2) is 9.19. The Balaban J connectivity index is 1.84. The molecule has 132 valence electrons. The first-order chi connectivity index (χ1) is 12.0. The zero-order chi connectivity index (χ0) is 18.2. The van der Waals surface area contributed by atoms with Gasteiger partial charge in [-0.1, -0.05) is 23.7 Å². The van der Waals surface area contributed by atoms with E-state index in [4.69, 9.17) is 16.3 Å². The Morgan fingerprint density at radius 3 is 2.44 bits per heavy atom. The smallest absolute Gasteiger partial charge is 0.348 e. The van der Waals surface area contributed by atoms with Crippen molar-refractivity contribution in [2.75, 3.05) is 19.7 Å². The van der Waals surface area contributed by atoms with Crippen LogP contribution < -0.4 is 10.6 Å². The Hall–Kier alpha value is -2.38. The number of carbonyl (C=O) groups is 3. The molecule has 0 aliphatic rings. The number of likely N-dealkylation sites (N-methyl/N-ethyl adjacent to an activating group) is 1. The molecule has 6 nitrogen and oxygen atoms in total. The van der Waals surface area contributed by atoms with Crippen molar-refractivity contribution in [3.05, 3.63) is 46.3 Å². The second-order valence-electron chi connectivity index (χ2n) is 4.98. The number of carbonyl (C=O) groups excluding carboxylic acids is 3. The molecule has 1 aromatic carbocycles. The van der Waals surface area contributed by atoms with Crippen molar-refractivity contribution in [1.82, 2.24) is 10.6 Å². The van der Waals surface area contributed by atoms with Crippen LogP contribution in [0.4, 0.5) is 0 Å². The summed E-state index contributed by atoms with van der Waals surface area (Å²) in [7, 11) is 0. The van der Waals surface area contributed by atoms with E-state index in [1.807, 2.05) is 12.1 Å². The number of esters is 1. The van der Waals surface area contributed by atoms with E-state index in [0.717, 1.165) is 10.4 Å². The van der Waals surface area contributed by atoms with Gasteiger partial charge in [0.05, 0.1) is 6.54 Å². The van der Waals surface area contributed by atoms with Crippen LogP contribution >= 0.6 is 22.9 Å². The summed E-state index contributed by atoms with van der Waals surface area (Å²) in [4.78, 5) is 36.1. The number of nitrogens with one attached hydrogen (secondary N) is 2. The summed E-state index contributed by atoms with van der Waals surface area (Å²) in [6, 6.07) is 10.7. The number of thiophene rings is 1. The highest BCUT2D eigenvalue weighted by Gasteiger charge is 2.14. The number of amides is 2. The van der Waals surface area contributed by atoms with E-state index in [2.05, 4.69) is 10.6 Å². The van der Waals surface area contributed by atoms with Gasteiger partial charge in [-0.15, -0.1) is 11.3 Å². The SMILES string of the molecule is CCNC(=O)CNC(=O)COC(=O)c1ccc(-c2ccc(Cl)cc2)s1. The summed E-state index contributed by atoms with van der Waals surface area (Å²) in [6.45, 7) is 1.68. The molecule has 2 amide bonds. The topological polar surface area (TPSA) is 84.5 Å². The van der Waals surface area contributed by atoms with Gasteiger partial charge in [0.15, 0.2) is 6.61 Å². The van der Waals surface area contributed by atoms with Crippen LogP contribution in [-0.2, 0) is 14.3 Å². The first-order valence-corrected chi connectivity index (χ1v) is 8.75. The largest absolute Gasteiger partial charge is 0.451 e. The molecule has 0 atom stereocenters. The van der Waals surface area contributed by atoms with Crippen molar-refractivity contribution in [1.29, 1.82) is 0 Å². The molecule has 2 N–H and O–H groups in total. The maximum Gasteiger partial charge on any atom is 0.348 e. The molecule has 8 heteroatoms. The fourth-order valence-corrected chi connectivity index (χ4v) is 2.94. The Morgan fingerprint density at radius 1 is 1.04 bits per heavy atom. The summed E-state index contributed by atoms with van der Waals surface area (Å²) < 4.78 is 4.96. The van der Waals surface area contributed by atoms with Crippen molar-refractivity contribution in [2.24, 2.45) is 0 Å². The monoisotopic (exact) mass is 380 g/mol. The lowest BCUT2D eigenvalue weighted by Crippen LogP contribution is -2.38. The molecule has 1 heterocycles. The van der Waals surface area contributed by atoms with E-state index in [9.17, 15) is 14.4 Å². The highest BCUT2D eigenvalue weighted by Crippen LogP contribution is 2.29. The third-order valence-corrected chi connectivity index (χ3v) is 4.46. The highest BCUT2D eigenvalue weighted by atomic mass is 35.5. The van der Waals surface area contributed by atoms with E-state index in [1.165, 1.54) is 11.3 Å². The molecule has 0 spiro atoms. The predicted molar refractivity (Wildman–Crippen MR) is 96.7 cm³/mol. The van der Waals surface area contributed by atoms with Gasteiger partial charge < -0.3 is 15.4 Å². The van der Waals surface area contributed by atoms with E-state index in [0.29, 0.717) is 16.4 Å². The van der Waals surface area contributed by atoms with Crippen LogP contribution in [0, 0.1) is 0 Å². The van der Waals surface area contributed by atoms with Gasteiger partial charge in [0.25, 0.3) is 5.91 Å². The van der Waals surface area contributed by atoms with Gasteiger partial charge in [0, 0.05) is 16.4 Å². The fraction of sp³-hybridized carbons (Fsp3) is 0.235. The fourth-order valence-electron chi connectivity index (χ4n) is 1.91. The van der Waals surface area contributed by atoms with Crippen LogP contribution in [0.15, 0.2) is 36.4 Å². The molecule has 0 aliphatic carbocycles. The van der Waals surface area contributed by atoms with Gasteiger partial charge in [-0.25, -0.2) is 4.79 Å². The molecule has 0 bridgehead atoms. The average Bonchev–Trinajstić information content (AvgIpc) is 3.09. The molecular formula is C17H17ClN2O4S. The normalized spacial score (nSPS) is 10.2. The molecule has 2 rings (SSSR count). The summed E-state index contributed by atoms with van der Waals surface area (Å²) in [6.07, 6.45) is 0. The second-order valence-corrected chi connectivity index (χ2v) is 6.50. The number of hydrogen-bond donors (Lipinski definition) is 2. The highest BCUT2D eigenvalue weighted by molar-refractivity contribution is 7.17. The summed E-state index contributed by atoms with van der Waals surface area (Å²) >= 11 is 7.12. The summed E-state index contributed by atoms with van der Waals surface area (Å²) in [5.74, 6) is -1.42. The molecule has 0 saturated heterocycles. The summed E-state index contributed by atoms with van der Waals surface area (Å²) in [5.41, 5.74) is 0.938. The third kappa shape index (κ3) is 5.88. The Morgan fingerprint density at radius 2 is 1.76 bits per heavy atom. The third-order valence-electron chi connectivity index (χ3n) is 3.09. The molecule has 0 saturated carbocycles. The predicted octanol–water partition coefficient (Wildman–Crippen LogP) is 2.48. The van der Waals surface area contributed by atoms with Crippen LogP contribution in [0.5, 0.6) is 0 Å². The van der Waals surface area contributed by atoms with Crippen LogP contribution in [0.1, 0.15) is 16.6 Å². The molecule has 0 aliphatic heterocycles. The van der Waals surface area contributed by atoms with Gasteiger partial charge in [-0.05, 0) is 36.8 Å². The molecule has 0 unspecified atom stereocenters. The van der Waals surface area contributed by atoms with Gasteiger partial charge in [0.1, 0.15) is 4.88 Å². The van der Waals surface area contributed by atoms with Crippen molar-refractivity contribution in [3.8, 4) is 10.4 Å². The van der Waals surface area contributed by atoms with Crippen LogP contribution in [-0.4, -0.2) is 37.5 Å². The number of hydrogen-bond acceptors (Lipinski definition) is 5. The van der Waals surface area contributed by atoms with Gasteiger partial charge in [0.2, 0.25) is 5.91 Å². The van der Waals surface area contributed by atoms with Crippen molar-refractivity contribution in [2.45, 2.75) is 6.92 Å². The van der Waals surface area contributed by atoms with Gasteiger partial charge in [-0.2, -0.15) is 0 Å². The lowest BCUT2D eigenvalue weighted by Gasteiger charge is -2.05. The van der Waals surface area contributed by atoms with Crippen molar-refractivity contribution >= 4 is 40.7 Å². The lowest BCUT2D eigenvalue weighted by atomic mass is 10.2. The van der Waals surface area contributed by atoms with Crippen molar-refractivity contribution < 1.29 is 19.1 Å². The first-order valence-electron chi connectivity index (χ1n) is 7.56. The first kappa shape index (κ1) is 19.0. The maximum atomic E-state index is 12.0. The van der Waals surface area contributed by atoms with Crippen LogP contribution in [0.2, 0.25) is 5.02 Å². The lowest BCUT2D eigenvalue weighted by molar-refractivity contribution is -0.127. The standard InChI is InChI=1S/C17H17ClN2O4S/c1-2-19-15(21)9-20-16(22)10-24-17(23)14-8-7-13(25-14)11-3-5-12(18)6-4-11/h3-8H,2,9-10H2,1H3,(H,19,21)(H,20,22). The van der Waals surface area contributed by atoms with Gasteiger partial charge >= 0.3 is 5.97 Å². The van der Waals surface area contributed by atoms with Gasteiger partial charge in [-0.3, -0.25) is 9.59 Å². The number of ether oxygens (including phenoxy) is 1. The Kier molecular flexibility index (Phi) is 6.97. The maximum absolute atomic E-state index is 12.0. The molecule has 0 fully saturated rings. The Bertz CT molecular complexity index is 758. The minimum atomic E-state index is -0.585. The number of rotatable bonds is 7. The zero-order valence-corrected chi connectivity index (χ0v) is 15.1. The average molecular weight is 381 g/mol. The molecule has 0 radical (unpaired) electrons. The quantitative estimate of drug-likeness (QED) is 0.723. The van der Waals surface area contributed by atoms with E-state index < -0.39 is 18.5 Å². The molecule has 25 heavy (non-hydrogen) atoms. The minimum absolute atomic E-state index is 0.149.